The summed E-state index contributed by atoms with van der Waals surface area (Å²) in [7, 11) is 0. The second kappa shape index (κ2) is 6.12. The highest BCUT2D eigenvalue weighted by Crippen LogP contribution is 2.42. The van der Waals surface area contributed by atoms with Gasteiger partial charge in [0.05, 0.1) is 0 Å². The van der Waals surface area contributed by atoms with Crippen LogP contribution in [-0.4, -0.2) is 12.6 Å². The third-order valence-electron chi connectivity index (χ3n) is 5.78. The van der Waals surface area contributed by atoms with Gasteiger partial charge in [-0.1, -0.05) is 25.5 Å². The van der Waals surface area contributed by atoms with Gasteiger partial charge in [0, 0.05) is 6.04 Å². The Bertz CT molecular complexity index is 501. The highest BCUT2D eigenvalue weighted by molar-refractivity contribution is 5.39. The average Bonchev–Trinajstić information content (AvgIpc) is 3.25. The lowest BCUT2D eigenvalue weighted by Crippen LogP contribution is -2.32. The van der Waals surface area contributed by atoms with Gasteiger partial charge in [-0.25, -0.2) is 0 Å². The maximum atomic E-state index is 3.79. The van der Waals surface area contributed by atoms with Crippen molar-refractivity contribution >= 4 is 0 Å². The van der Waals surface area contributed by atoms with E-state index in [1.807, 2.05) is 0 Å². The minimum Gasteiger partial charge on any atom is -0.314 e. The largest absolute Gasteiger partial charge is 0.314 e. The lowest BCUT2D eigenvalue weighted by molar-refractivity contribution is 0.240. The van der Waals surface area contributed by atoms with E-state index in [-0.39, 0.29) is 0 Å². The van der Waals surface area contributed by atoms with Gasteiger partial charge in [-0.3, -0.25) is 0 Å². The smallest absolute Gasteiger partial charge is 0.00683 e. The molecule has 3 unspecified atom stereocenters. The molecule has 0 aliphatic heterocycles. The van der Waals surface area contributed by atoms with Crippen LogP contribution < -0.4 is 5.32 Å². The number of hydrogen-bond acceptors (Lipinski definition) is 1. The molecule has 0 amide bonds. The normalized spacial score (nSPS) is 29.6. The number of aryl methyl sites for hydroxylation is 3. The van der Waals surface area contributed by atoms with E-state index in [9.17, 15) is 0 Å². The van der Waals surface area contributed by atoms with Crippen LogP contribution in [-0.2, 0) is 0 Å². The molecule has 2 aliphatic carbocycles. The molecule has 0 bridgehead atoms. The van der Waals surface area contributed by atoms with Crippen LogP contribution in [0.25, 0.3) is 0 Å². The predicted molar refractivity (Wildman–Crippen MR) is 90.9 cm³/mol. The zero-order valence-corrected chi connectivity index (χ0v) is 14.2. The van der Waals surface area contributed by atoms with Crippen LogP contribution in [0, 0.1) is 32.6 Å². The summed E-state index contributed by atoms with van der Waals surface area (Å²) < 4.78 is 0. The van der Waals surface area contributed by atoms with Crippen LogP contribution in [0.2, 0.25) is 0 Å². The van der Waals surface area contributed by atoms with E-state index < -0.39 is 0 Å². The highest BCUT2D eigenvalue weighted by atomic mass is 14.9. The summed E-state index contributed by atoms with van der Waals surface area (Å²) in [5.41, 5.74) is 6.04. The maximum absolute atomic E-state index is 3.79. The van der Waals surface area contributed by atoms with E-state index in [4.69, 9.17) is 0 Å². The Kier molecular flexibility index (Phi) is 4.40. The Labute approximate surface area is 130 Å². The second-order valence-corrected chi connectivity index (χ2v) is 7.76. The Hall–Kier alpha value is -0.820. The van der Waals surface area contributed by atoms with E-state index in [0.29, 0.717) is 0 Å². The zero-order valence-electron chi connectivity index (χ0n) is 14.2. The number of benzene rings is 1. The molecule has 2 fully saturated rings. The van der Waals surface area contributed by atoms with Gasteiger partial charge in [-0.05, 0) is 93.0 Å². The van der Waals surface area contributed by atoms with E-state index >= 15 is 0 Å². The first-order valence-corrected chi connectivity index (χ1v) is 8.85. The van der Waals surface area contributed by atoms with Gasteiger partial charge in [-0.15, -0.1) is 0 Å². The van der Waals surface area contributed by atoms with Gasteiger partial charge in [0.1, 0.15) is 0 Å². The van der Waals surface area contributed by atoms with Crippen molar-refractivity contribution < 1.29 is 0 Å². The monoisotopic (exact) mass is 285 g/mol. The van der Waals surface area contributed by atoms with E-state index in [0.717, 1.165) is 23.8 Å². The summed E-state index contributed by atoms with van der Waals surface area (Å²) in [5.74, 6) is 2.48. The molecule has 1 N–H and O–H groups in total. The van der Waals surface area contributed by atoms with E-state index in [1.54, 1.807) is 5.56 Å². The van der Waals surface area contributed by atoms with Gasteiger partial charge in [0.25, 0.3) is 0 Å². The fourth-order valence-electron chi connectivity index (χ4n) is 4.06. The van der Waals surface area contributed by atoms with Crippen LogP contribution in [0.3, 0.4) is 0 Å². The third kappa shape index (κ3) is 3.51. The molecule has 0 aromatic heterocycles. The molecule has 1 aromatic rings. The molecular formula is C20H31N. The van der Waals surface area contributed by atoms with Crippen LogP contribution in [0.5, 0.6) is 0 Å². The number of hydrogen-bond donors (Lipinski definition) is 1. The number of nitrogens with one attached hydrogen (secondary N) is 1. The molecule has 1 aromatic carbocycles. The lowest BCUT2D eigenvalue weighted by Gasteiger charge is -2.36. The van der Waals surface area contributed by atoms with Crippen LogP contribution in [0.1, 0.15) is 67.2 Å². The first kappa shape index (κ1) is 15.1. The van der Waals surface area contributed by atoms with E-state index in [1.165, 1.54) is 55.3 Å². The van der Waals surface area contributed by atoms with Crippen molar-refractivity contribution in [2.75, 3.05) is 6.54 Å². The van der Waals surface area contributed by atoms with Crippen molar-refractivity contribution in [1.82, 2.24) is 5.32 Å². The summed E-state index contributed by atoms with van der Waals surface area (Å²) in [4.78, 5) is 0. The summed E-state index contributed by atoms with van der Waals surface area (Å²) in [6.45, 7) is 10.5. The fraction of sp³-hybridized carbons (Fsp3) is 0.700. The Morgan fingerprint density at radius 2 is 1.67 bits per heavy atom. The molecular weight excluding hydrogens is 254 g/mol. The highest BCUT2D eigenvalue weighted by Gasteiger charge is 2.32. The Morgan fingerprint density at radius 3 is 2.38 bits per heavy atom. The van der Waals surface area contributed by atoms with Crippen molar-refractivity contribution in [2.45, 2.75) is 71.8 Å². The van der Waals surface area contributed by atoms with Gasteiger partial charge in [0.15, 0.2) is 0 Å². The van der Waals surface area contributed by atoms with Gasteiger partial charge < -0.3 is 5.32 Å². The van der Waals surface area contributed by atoms with Crippen LogP contribution in [0.15, 0.2) is 12.1 Å². The predicted octanol–water partition coefficient (Wildman–Crippen LogP) is 4.88. The Balaban J connectivity index is 1.81. The van der Waals surface area contributed by atoms with Crippen molar-refractivity contribution in [3.05, 3.63) is 34.4 Å². The molecule has 0 radical (unpaired) electrons. The zero-order chi connectivity index (χ0) is 15.0. The molecule has 1 nitrogen and oxygen atoms in total. The molecule has 0 heterocycles. The minimum atomic E-state index is 0.763. The molecule has 21 heavy (non-hydrogen) atoms. The van der Waals surface area contributed by atoms with Crippen molar-refractivity contribution in [2.24, 2.45) is 11.8 Å². The molecule has 1 heteroatoms. The maximum Gasteiger partial charge on any atom is 0.00683 e. The van der Waals surface area contributed by atoms with Crippen LogP contribution >= 0.6 is 0 Å². The molecule has 3 atom stereocenters. The molecule has 0 spiro atoms. The first-order chi connectivity index (χ1) is 10.0. The van der Waals surface area contributed by atoms with Gasteiger partial charge >= 0.3 is 0 Å². The molecule has 116 valence electrons. The molecule has 2 aliphatic rings. The SMILES string of the molecule is Cc1cc(C)c(C2CC(C)CCC2CNC2CC2)cc1C. The summed E-state index contributed by atoms with van der Waals surface area (Å²) >= 11 is 0. The van der Waals surface area contributed by atoms with Gasteiger partial charge in [-0.2, -0.15) is 0 Å². The van der Waals surface area contributed by atoms with Crippen molar-refractivity contribution in [1.29, 1.82) is 0 Å². The van der Waals surface area contributed by atoms with Crippen molar-refractivity contribution in [3.8, 4) is 0 Å². The summed E-state index contributed by atoms with van der Waals surface area (Å²) in [5, 5.41) is 3.79. The second-order valence-electron chi connectivity index (χ2n) is 7.76. The van der Waals surface area contributed by atoms with Crippen molar-refractivity contribution in [3.63, 3.8) is 0 Å². The number of rotatable bonds is 4. The fourth-order valence-corrected chi connectivity index (χ4v) is 4.06. The summed E-state index contributed by atoms with van der Waals surface area (Å²) in [6.07, 6.45) is 6.99. The molecule has 3 rings (SSSR count). The lowest BCUT2D eigenvalue weighted by atomic mass is 9.70. The first-order valence-electron chi connectivity index (χ1n) is 8.85. The Morgan fingerprint density at radius 1 is 0.952 bits per heavy atom. The molecule has 0 saturated heterocycles. The topological polar surface area (TPSA) is 12.0 Å². The molecule has 2 saturated carbocycles. The average molecular weight is 285 g/mol. The standard InChI is InChI=1S/C20H31N/c1-13-5-6-17(12-21-18-7-8-18)20(9-13)19-11-15(3)14(2)10-16(19)4/h10-11,13,17-18,20-21H,5-9,12H2,1-4H3. The minimum absolute atomic E-state index is 0.763. The van der Waals surface area contributed by atoms with Crippen LogP contribution in [0.4, 0.5) is 0 Å². The van der Waals surface area contributed by atoms with Gasteiger partial charge in [0.2, 0.25) is 0 Å². The third-order valence-corrected chi connectivity index (χ3v) is 5.78. The quantitative estimate of drug-likeness (QED) is 0.831. The van der Waals surface area contributed by atoms with E-state index in [2.05, 4.69) is 45.1 Å². The summed E-state index contributed by atoms with van der Waals surface area (Å²) in [6, 6.07) is 5.72.